The quantitative estimate of drug-likeness (QED) is 0.659. The summed E-state index contributed by atoms with van der Waals surface area (Å²) in [5, 5.41) is 12.5. The van der Waals surface area contributed by atoms with Crippen molar-refractivity contribution in [1.29, 1.82) is 0 Å². The van der Waals surface area contributed by atoms with E-state index in [0.717, 1.165) is 11.1 Å². The van der Waals surface area contributed by atoms with Crippen LogP contribution in [0, 0.1) is 0 Å². The number of nitrogens with two attached hydrogens (primary N) is 1. The van der Waals surface area contributed by atoms with Crippen molar-refractivity contribution < 1.29 is 4.74 Å². The number of nitrogens with zero attached hydrogens (tertiary/aromatic N) is 4. The Morgan fingerprint density at radius 2 is 1.80 bits per heavy atom. The third kappa shape index (κ3) is 4.45. The first-order valence-corrected chi connectivity index (χ1v) is 8.29. The smallest absolute Gasteiger partial charge is 0.260 e. The van der Waals surface area contributed by atoms with Crippen LogP contribution in [-0.2, 0) is 13.2 Å². The highest BCUT2D eigenvalue weighted by atomic mass is 35.5. The van der Waals surface area contributed by atoms with E-state index in [2.05, 4.69) is 21.0 Å². The molecule has 0 unspecified atom stereocenters. The van der Waals surface area contributed by atoms with Gasteiger partial charge in [0.2, 0.25) is 0 Å². The van der Waals surface area contributed by atoms with Crippen LogP contribution in [0.5, 0.6) is 5.75 Å². The molecule has 25 heavy (non-hydrogen) atoms. The van der Waals surface area contributed by atoms with Crippen molar-refractivity contribution in [3.8, 4) is 5.75 Å². The molecule has 0 radical (unpaired) electrons. The van der Waals surface area contributed by atoms with Gasteiger partial charge in [-0.2, -0.15) is 0 Å². The molecule has 0 saturated heterocycles. The molecule has 10 heteroatoms. The van der Waals surface area contributed by atoms with Crippen molar-refractivity contribution in [2.75, 3.05) is 11.2 Å². The molecule has 0 bridgehead atoms. The first-order valence-electron chi connectivity index (χ1n) is 7.16. The van der Waals surface area contributed by atoms with E-state index in [1.54, 1.807) is 30.3 Å². The number of hydrogen-bond acceptors (Lipinski definition) is 6. The standard InChI is InChI=1S/C15H13Cl3N6O/c16-11-3-4-14(25-8-9-1-2-12(17)6-13(9)18)10(5-11)7-20-24-15(19)21-22-23-24/h1-6,20H,7-8H2,(H2,19,21,23). The summed E-state index contributed by atoms with van der Waals surface area (Å²) >= 11 is 18.1. The second-order valence-corrected chi connectivity index (χ2v) is 6.34. The zero-order valence-electron chi connectivity index (χ0n) is 12.8. The Bertz CT molecular complexity index is 885. The highest BCUT2D eigenvalue weighted by Crippen LogP contribution is 2.26. The van der Waals surface area contributed by atoms with Crippen molar-refractivity contribution >= 4 is 40.8 Å². The number of halogens is 3. The van der Waals surface area contributed by atoms with Gasteiger partial charge in [0.15, 0.2) is 0 Å². The molecule has 7 nitrogen and oxygen atoms in total. The summed E-state index contributed by atoms with van der Waals surface area (Å²) in [6.45, 7) is 0.650. The van der Waals surface area contributed by atoms with E-state index in [1.807, 2.05) is 6.07 Å². The number of rotatable bonds is 6. The third-order valence-corrected chi connectivity index (χ3v) is 4.16. The van der Waals surface area contributed by atoms with Crippen LogP contribution in [0.3, 0.4) is 0 Å². The Labute approximate surface area is 158 Å². The summed E-state index contributed by atoms with van der Waals surface area (Å²) in [7, 11) is 0. The van der Waals surface area contributed by atoms with Gasteiger partial charge < -0.3 is 15.9 Å². The fraction of sp³-hybridized carbons (Fsp3) is 0.133. The van der Waals surface area contributed by atoms with Crippen LogP contribution in [0.25, 0.3) is 0 Å². The average Bonchev–Trinajstić information content (AvgIpc) is 2.98. The van der Waals surface area contributed by atoms with Gasteiger partial charge in [-0.05, 0) is 40.8 Å². The number of nitrogen functional groups attached to an aromatic ring is 1. The Kier molecular flexibility index (Phi) is 5.47. The molecule has 0 atom stereocenters. The van der Waals surface area contributed by atoms with Crippen molar-refractivity contribution in [2.24, 2.45) is 0 Å². The van der Waals surface area contributed by atoms with Gasteiger partial charge in [0.25, 0.3) is 5.95 Å². The van der Waals surface area contributed by atoms with E-state index in [-0.39, 0.29) is 12.6 Å². The minimum atomic E-state index is 0.150. The Balaban J connectivity index is 1.73. The van der Waals surface area contributed by atoms with E-state index in [9.17, 15) is 0 Å². The molecule has 1 heterocycles. The number of aromatic nitrogens is 4. The normalized spacial score (nSPS) is 10.7. The van der Waals surface area contributed by atoms with Crippen LogP contribution in [0.4, 0.5) is 5.95 Å². The maximum absolute atomic E-state index is 6.17. The topological polar surface area (TPSA) is 90.9 Å². The lowest BCUT2D eigenvalue weighted by molar-refractivity contribution is 0.303. The van der Waals surface area contributed by atoms with Crippen molar-refractivity contribution in [3.63, 3.8) is 0 Å². The van der Waals surface area contributed by atoms with Gasteiger partial charge in [-0.25, -0.2) is 0 Å². The number of hydrogen-bond donors (Lipinski definition) is 2. The third-order valence-electron chi connectivity index (χ3n) is 3.33. The molecule has 130 valence electrons. The summed E-state index contributed by atoms with van der Waals surface area (Å²) < 4.78 is 5.88. The summed E-state index contributed by atoms with van der Waals surface area (Å²) in [4.78, 5) is 1.26. The van der Waals surface area contributed by atoms with E-state index in [4.69, 9.17) is 45.3 Å². The molecule has 0 amide bonds. The number of tetrazole rings is 1. The van der Waals surface area contributed by atoms with Gasteiger partial charge in [-0.15, -0.1) is 4.79 Å². The molecule has 0 saturated carbocycles. The molecule has 0 aliphatic carbocycles. The van der Waals surface area contributed by atoms with E-state index < -0.39 is 0 Å². The van der Waals surface area contributed by atoms with Crippen LogP contribution in [-0.4, -0.2) is 20.3 Å². The maximum Gasteiger partial charge on any atom is 0.260 e. The highest BCUT2D eigenvalue weighted by molar-refractivity contribution is 6.35. The predicted octanol–water partition coefficient (Wildman–Crippen LogP) is 3.54. The number of ether oxygens (including phenoxy) is 1. The lowest BCUT2D eigenvalue weighted by Gasteiger charge is -2.14. The zero-order chi connectivity index (χ0) is 17.8. The summed E-state index contributed by atoms with van der Waals surface area (Å²) in [6, 6.07) is 10.6. The molecule has 0 aliphatic heterocycles. The molecule has 1 aromatic heterocycles. The Morgan fingerprint density at radius 1 is 1.04 bits per heavy atom. The SMILES string of the molecule is Nc1nnnn1NCc1cc(Cl)ccc1OCc1ccc(Cl)cc1Cl. The fourth-order valence-corrected chi connectivity index (χ4v) is 2.75. The summed E-state index contributed by atoms with van der Waals surface area (Å²) in [6.07, 6.45) is 0. The Morgan fingerprint density at radius 3 is 2.52 bits per heavy atom. The lowest BCUT2D eigenvalue weighted by atomic mass is 10.2. The largest absolute Gasteiger partial charge is 0.488 e. The van der Waals surface area contributed by atoms with Crippen LogP contribution < -0.4 is 15.9 Å². The fourth-order valence-electron chi connectivity index (χ4n) is 2.09. The molecule has 3 rings (SSSR count). The molecule has 0 fully saturated rings. The molecule has 3 N–H and O–H groups in total. The minimum absolute atomic E-state index is 0.150. The van der Waals surface area contributed by atoms with Gasteiger partial charge in [0.1, 0.15) is 12.4 Å². The van der Waals surface area contributed by atoms with Gasteiger partial charge in [0, 0.05) is 26.2 Å². The van der Waals surface area contributed by atoms with Gasteiger partial charge in [0.05, 0.1) is 6.54 Å². The Hall–Kier alpha value is -2.22. The molecule has 3 aromatic rings. The van der Waals surface area contributed by atoms with E-state index in [1.165, 1.54) is 4.79 Å². The maximum atomic E-state index is 6.17. The molecule has 2 aromatic carbocycles. The predicted molar refractivity (Wildman–Crippen MR) is 97.5 cm³/mol. The average molecular weight is 400 g/mol. The van der Waals surface area contributed by atoms with Crippen LogP contribution in [0.2, 0.25) is 15.1 Å². The molecule has 0 spiro atoms. The van der Waals surface area contributed by atoms with Crippen molar-refractivity contribution in [3.05, 3.63) is 62.6 Å². The van der Waals surface area contributed by atoms with Gasteiger partial charge in [-0.3, -0.25) is 0 Å². The van der Waals surface area contributed by atoms with Crippen molar-refractivity contribution in [1.82, 2.24) is 20.3 Å². The first-order chi connectivity index (χ1) is 12.0. The van der Waals surface area contributed by atoms with Crippen LogP contribution in [0.15, 0.2) is 36.4 Å². The van der Waals surface area contributed by atoms with Crippen LogP contribution >= 0.6 is 34.8 Å². The number of nitrogens with one attached hydrogen (secondary N) is 1. The lowest BCUT2D eigenvalue weighted by Crippen LogP contribution is -2.18. The highest BCUT2D eigenvalue weighted by Gasteiger charge is 2.09. The van der Waals surface area contributed by atoms with Crippen molar-refractivity contribution in [2.45, 2.75) is 13.2 Å². The second kappa shape index (κ2) is 7.77. The minimum Gasteiger partial charge on any atom is -0.488 e. The van der Waals surface area contributed by atoms with Gasteiger partial charge in [-0.1, -0.05) is 46.0 Å². The zero-order valence-corrected chi connectivity index (χ0v) is 15.1. The number of benzene rings is 2. The van der Waals surface area contributed by atoms with E-state index in [0.29, 0.717) is 27.4 Å². The molecular formula is C15H13Cl3N6O. The second-order valence-electron chi connectivity index (χ2n) is 5.06. The summed E-state index contributed by atoms with van der Waals surface area (Å²) in [5.74, 6) is 0.798. The van der Waals surface area contributed by atoms with Gasteiger partial charge >= 0.3 is 0 Å². The monoisotopic (exact) mass is 398 g/mol. The van der Waals surface area contributed by atoms with E-state index >= 15 is 0 Å². The number of anilines is 1. The molecular weight excluding hydrogens is 387 g/mol. The first kappa shape index (κ1) is 17.6. The summed E-state index contributed by atoms with van der Waals surface area (Å²) in [5.41, 5.74) is 10.2. The van der Waals surface area contributed by atoms with Crippen LogP contribution in [0.1, 0.15) is 11.1 Å². The molecule has 0 aliphatic rings.